The Morgan fingerprint density at radius 1 is 1.15 bits per heavy atom. The van der Waals surface area contributed by atoms with Crippen LogP contribution in [0, 0.1) is 11.8 Å². The van der Waals surface area contributed by atoms with Crippen molar-refractivity contribution >= 4 is 12.6 Å². The van der Waals surface area contributed by atoms with Gasteiger partial charge in [-0.3, -0.25) is 0 Å². The van der Waals surface area contributed by atoms with Gasteiger partial charge in [-0.25, -0.2) is 0 Å². The van der Waals surface area contributed by atoms with E-state index in [0.717, 1.165) is 17.6 Å². The number of hydrogen-bond donors (Lipinski definition) is 2. The molecule has 1 saturated heterocycles. The Kier molecular flexibility index (Phi) is 5.88. The van der Waals surface area contributed by atoms with Crippen LogP contribution in [0.5, 0.6) is 0 Å². The molecule has 1 fully saturated rings. The second kappa shape index (κ2) is 6.72. The molecule has 0 radical (unpaired) electrons. The largest absolute Gasteiger partial charge is 0.317 e. The quantitative estimate of drug-likeness (QED) is 0.622. The molecule has 1 heterocycles. The van der Waals surface area contributed by atoms with Crippen LogP contribution in [0.1, 0.15) is 39.0 Å². The number of thiol groups is 1. The molecule has 1 aliphatic heterocycles. The molecule has 2 heteroatoms. The molecule has 0 spiro atoms. The van der Waals surface area contributed by atoms with Gasteiger partial charge in [0, 0.05) is 0 Å². The highest BCUT2D eigenvalue weighted by atomic mass is 32.1. The van der Waals surface area contributed by atoms with Crippen LogP contribution in [-0.4, -0.2) is 18.8 Å². The molecule has 1 rings (SSSR count). The van der Waals surface area contributed by atoms with Gasteiger partial charge >= 0.3 is 0 Å². The van der Waals surface area contributed by atoms with Gasteiger partial charge in [0.2, 0.25) is 0 Å². The monoisotopic (exact) mass is 201 g/mol. The predicted octanol–water partition coefficient (Wildman–Crippen LogP) is 2.72. The minimum absolute atomic E-state index is 0.828. The van der Waals surface area contributed by atoms with Crippen molar-refractivity contribution in [1.82, 2.24) is 5.32 Å². The van der Waals surface area contributed by atoms with Crippen LogP contribution in [0.3, 0.4) is 0 Å². The average Bonchev–Trinajstić information content (AvgIpc) is 2.16. The van der Waals surface area contributed by atoms with E-state index in [1.165, 1.54) is 45.2 Å². The van der Waals surface area contributed by atoms with E-state index in [1.807, 2.05) is 0 Å². The Bertz CT molecular complexity index is 127. The fourth-order valence-electron chi connectivity index (χ4n) is 2.10. The van der Waals surface area contributed by atoms with E-state index >= 15 is 0 Å². The predicted molar refractivity (Wildman–Crippen MR) is 62.5 cm³/mol. The van der Waals surface area contributed by atoms with Gasteiger partial charge in [-0.2, -0.15) is 12.6 Å². The minimum Gasteiger partial charge on any atom is -0.317 e. The highest BCUT2D eigenvalue weighted by Gasteiger charge is 2.15. The maximum Gasteiger partial charge on any atom is -0.00459 e. The van der Waals surface area contributed by atoms with Crippen LogP contribution in [0.4, 0.5) is 0 Å². The van der Waals surface area contributed by atoms with Crippen LogP contribution in [0.25, 0.3) is 0 Å². The summed E-state index contributed by atoms with van der Waals surface area (Å²) in [4.78, 5) is 0. The summed E-state index contributed by atoms with van der Waals surface area (Å²) in [5, 5.41) is 3.51. The third-order valence-electron chi connectivity index (χ3n) is 3.24. The van der Waals surface area contributed by atoms with Gasteiger partial charge < -0.3 is 5.32 Å². The van der Waals surface area contributed by atoms with Gasteiger partial charge in [-0.15, -0.1) is 0 Å². The van der Waals surface area contributed by atoms with Crippen molar-refractivity contribution in [1.29, 1.82) is 0 Å². The first-order chi connectivity index (χ1) is 6.34. The van der Waals surface area contributed by atoms with Crippen LogP contribution in [0.2, 0.25) is 0 Å². The molecule has 1 N–H and O–H groups in total. The molecule has 13 heavy (non-hydrogen) atoms. The zero-order valence-electron chi connectivity index (χ0n) is 8.76. The van der Waals surface area contributed by atoms with Crippen LogP contribution < -0.4 is 5.32 Å². The second-order valence-electron chi connectivity index (χ2n) is 4.31. The molecular formula is C11H23NS. The Labute approximate surface area is 88.1 Å². The highest BCUT2D eigenvalue weighted by molar-refractivity contribution is 7.80. The lowest BCUT2D eigenvalue weighted by atomic mass is 9.87. The molecule has 0 aromatic carbocycles. The summed E-state index contributed by atoms with van der Waals surface area (Å²) in [5.74, 6) is 2.76. The Morgan fingerprint density at radius 2 is 2.00 bits per heavy atom. The first-order valence-corrected chi connectivity index (χ1v) is 6.29. The fourth-order valence-corrected chi connectivity index (χ4v) is 2.64. The summed E-state index contributed by atoms with van der Waals surface area (Å²) in [7, 11) is 0. The van der Waals surface area contributed by atoms with Crippen molar-refractivity contribution in [2.45, 2.75) is 39.0 Å². The molecular weight excluding hydrogens is 178 g/mol. The summed E-state index contributed by atoms with van der Waals surface area (Å²) in [6, 6.07) is 0. The van der Waals surface area contributed by atoms with E-state index in [4.69, 9.17) is 0 Å². The van der Waals surface area contributed by atoms with Gasteiger partial charge in [0.1, 0.15) is 0 Å². The van der Waals surface area contributed by atoms with Crippen molar-refractivity contribution in [3.8, 4) is 0 Å². The lowest BCUT2D eigenvalue weighted by Gasteiger charge is -2.23. The molecule has 1 aliphatic rings. The van der Waals surface area contributed by atoms with Crippen molar-refractivity contribution in [2.24, 2.45) is 11.8 Å². The van der Waals surface area contributed by atoms with Gasteiger partial charge in [0.15, 0.2) is 0 Å². The molecule has 78 valence electrons. The summed E-state index contributed by atoms with van der Waals surface area (Å²) < 4.78 is 0. The lowest BCUT2D eigenvalue weighted by Crippen LogP contribution is -2.24. The first kappa shape index (κ1) is 11.4. The standard InChI is InChI=1S/C11H23NS/c1-10-5-3-2-4-7-12-8-6-11(10)9-13/h10-13H,2-9H2,1H3. The van der Waals surface area contributed by atoms with Gasteiger partial charge in [0.05, 0.1) is 0 Å². The summed E-state index contributed by atoms with van der Waals surface area (Å²) in [6.07, 6.45) is 6.89. The maximum absolute atomic E-state index is 4.44. The smallest absolute Gasteiger partial charge is 0.00459 e. The maximum atomic E-state index is 4.44. The minimum atomic E-state index is 0.828. The van der Waals surface area contributed by atoms with E-state index < -0.39 is 0 Å². The van der Waals surface area contributed by atoms with Crippen molar-refractivity contribution in [3.63, 3.8) is 0 Å². The van der Waals surface area contributed by atoms with Crippen LogP contribution in [0.15, 0.2) is 0 Å². The summed E-state index contributed by atoms with van der Waals surface area (Å²) in [6.45, 7) is 4.80. The zero-order valence-corrected chi connectivity index (χ0v) is 9.65. The fraction of sp³-hybridized carbons (Fsp3) is 1.00. The van der Waals surface area contributed by atoms with Crippen LogP contribution >= 0.6 is 12.6 Å². The third kappa shape index (κ3) is 4.37. The molecule has 0 saturated carbocycles. The Balaban J connectivity index is 2.32. The molecule has 0 aromatic heterocycles. The normalized spacial score (nSPS) is 32.8. The van der Waals surface area contributed by atoms with E-state index in [2.05, 4.69) is 24.9 Å². The lowest BCUT2D eigenvalue weighted by molar-refractivity contribution is 0.324. The van der Waals surface area contributed by atoms with Crippen molar-refractivity contribution < 1.29 is 0 Å². The molecule has 0 aliphatic carbocycles. The average molecular weight is 201 g/mol. The van der Waals surface area contributed by atoms with Gasteiger partial charge in [0.25, 0.3) is 0 Å². The highest BCUT2D eigenvalue weighted by Crippen LogP contribution is 2.23. The topological polar surface area (TPSA) is 12.0 Å². The van der Waals surface area contributed by atoms with Crippen molar-refractivity contribution in [2.75, 3.05) is 18.8 Å². The number of rotatable bonds is 1. The number of hydrogen-bond acceptors (Lipinski definition) is 2. The number of nitrogens with one attached hydrogen (secondary N) is 1. The summed E-state index contributed by atoms with van der Waals surface area (Å²) in [5.41, 5.74) is 0. The Hall–Kier alpha value is 0.310. The van der Waals surface area contributed by atoms with E-state index in [0.29, 0.717) is 0 Å². The molecule has 0 amide bonds. The summed E-state index contributed by atoms with van der Waals surface area (Å²) >= 11 is 4.44. The molecule has 2 atom stereocenters. The van der Waals surface area contributed by atoms with Gasteiger partial charge in [-0.1, -0.05) is 26.2 Å². The SMILES string of the molecule is CC1CCCCCNCCC1CS. The van der Waals surface area contributed by atoms with Crippen molar-refractivity contribution in [3.05, 3.63) is 0 Å². The van der Waals surface area contributed by atoms with E-state index in [1.54, 1.807) is 0 Å². The first-order valence-electron chi connectivity index (χ1n) is 5.66. The second-order valence-corrected chi connectivity index (χ2v) is 4.67. The van der Waals surface area contributed by atoms with E-state index in [-0.39, 0.29) is 0 Å². The zero-order chi connectivity index (χ0) is 9.52. The molecule has 1 nitrogen and oxygen atoms in total. The molecule has 0 bridgehead atoms. The van der Waals surface area contributed by atoms with Gasteiger partial charge in [-0.05, 0) is 43.5 Å². The van der Waals surface area contributed by atoms with E-state index in [9.17, 15) is 0 Å². The molecule has 2 unspecified atom stereocenters. The van der Waals surface area contributed by atoms with Crippen LogP contribution in [-0.2, 0) is 0 Å². The third-order valence-corrected chi connectivity index (χ3v) is 3.71. The Morgan fingerprint density at radius 3 is 2.77 bits per heavy atom. The molecule has 0 aromatic rings.